The van der Waals surface area contributed by atoms with Crippen LogP contribution in [0, 0.1) is 0 Å². The summed E-state index contributed by atoms with van der Waals surface area (Å²) >= 11 is 7.89. The van der Waals surface area contributed by atoms with E-state index in [4.69, 9.17) is 11.6 Å². The van der Waals surface area contributed by atoms with Gasteiger partial charge in [0, 0.05) is 7.05 Å². The Balaban J connectivity index is 1.77. The molecule has 13 heteroatoms. The van der Waals surface area contributed by atoms with E-state index in [1.54, 1.807) is 24.3 Å². The molecule has 0 spiro atoms. The SMILES string of the molecule is CN(CC(=O)Nc1ccccc1Cl)C(=O)CSc1nnc(NCC(F)(F)F)s1. The van der Waals surface area contributed by atoms with Crippen molar-refractivity contribution in [3.8, 4) is 0 Å². The molecule has 0 aliphatic rings. The number of para-hydroxylation sites is 1. The Morgan fingerprint density at radius 3 is 2.68 bits per heavy atom. The number of hydrogen-bond acceptors (Lipinski definition) is 7. The van der Waals surface area contributed by atoms with Crippen molar-refractivity contribution in [2.24, 2.45) is 0 Å². The molecule has 28 heavy (non-hydrogen) atoms. The van der Waals surface area contributed by atoms with E-state index in [-0.39, 0.29) is 23.3 Å². The average Bonchev–Trinajstić information content (AvgIpc) is 3.07. The minimum atomic E-state index is -4.36. The summed E-state index contributed by atoms with van der Waals surface area (Å²) < 4.78 is 36.8. The second kappa shape index (κ2) is 9.94. The van der Waals surface area contributed by atoms with Crippen molar-refractivity contribution >= 4 is 57.3 Å². The Labute approximate surface area is 171 Å². The van der Waals surface area contributed by atoms with Crippen LogP contribution in [0.3, 0.4) is 0 Å². The minimum absolute atomic E-state index is 0.0137. The summed E-state index contributed by atoms with van der Waals surface area (Å²) in [4.78, 5) is 25.4. The summed E-state index contributed by atoms with van der Waals surface area (Å²) in [5.41, 5.74) is 0.442. The number of aromatic nitrogens is 2. The zero-order chi connectivity index (χ0) is 20.7. The standard InChI is InChI=1S/C15H15ClF3N5O2S2/c1-24(6-11(25)21-10-5-3-2-4-9(10)16)12(26)7-27-14-23-22-13(28-14)20-8-15(17,18)19/h2-5H,6-8H2,1H3,(H,20,22)(H,21,25). The lowest BCUT2D eigenvalue weighted by molar-refractivity contribution is -0.131. The van der Waals surface area contributed by atoms with E-state index in [0.29, 0.717) is 15.0 Å². The number of thioether (sulfide) groups is 1. The van der Waals surface area contributed by atoms with Gasteiger partial charge in [0.2, 0.25) is 16.9 Å². The lowest BCUT2D eigenvalue weighted by Crippen LogP contribution is -2.36. The summed E-state index contributed by atoms with van der Waals surface area (Å²) in [5, 5.41) is 12.4. The van der Waals surface area contributed by atoms with Crippen molar-refractivity contribution in [3.05, 3.63) is 29.3 Å². The number of anilines is 2. The third-order valence-corrected chi connectivity index (χ3v) is 5.45. The Hall–Kier alpha value is -2.05. The van der Waals surface area contributed by atoms with E-state index in [1.165, 1.54) is 11.9 Å². The number of nitrogens with one attached hydrogen (secondary N) is 2. The maximum absolute atomic E-state index is 12.2. The number of likely N-dealkylation sites (N-methyl/N-ethyl adjacent to an activating group) is 1. The highest BCUT2D eigenvalue weighted by atomic mass is 35.5. The zero-order valence-corrected chi connectivity index (χ0v) is 16.8. The third kappa shape index (κ3) is 7.52. The fourth-order valence-electron chi connectivity index (χ4n) is 1.80. The predicted molar refractivity (Wildman–Crippen MR) is 103 cm³/mol. The van der Waals surface area contributed by atoms with Crippen molar-refractivity contribution in [1.82, 2.24) is 15.1 Å². The molecule has 1 aromatic heterocycles. The molecule has 0 fully saturated rings. The Morgan fingerprint density at radius 2 is 2.00 bits per heavy atom. The molecule has 0 atom stereocenters. The lowest BCUT2D eigenvalue weighted by atomic mass is 10.3. The van der Waals surface area contributed by atoms with Crippen LogP contribution >= 0.6 is 34.7 Å². The summed E-state index contributed by atoms with van der Waals surface area (Å²) in [5.74, 6) is -0.799. The van der Waals surface area contributed by atoms with Gasteiger partial charge in [-0.15, -0.1) is 10.2 Å². The molecule has 152 valence electrons. The molecule has 0 unspecified atom stereocenters. The van der Waals surface area contributed by atoms with Gasteiger partial charge in [-0.2, -0.15) is 13.2 Å². The average molecular weight is 454 g/mol. The number of carbonyl (C=O) groups excluding carboxylic acids is 2. The van der Waals surface area contributed by atoms with Gasteiger partial charge in [-0.05, 0) is 12.1 Å². The minimum Gasteiger partial charge on any atom is -0.351 e. The summed E-state index contributed by atoms with van der Waals surface area (Å²) in [6.07, 6.45) is -4.36. The lowest BCUT2D eigenvalue weighted by Gasteiger charge is -2.16. The van der Waals surface area contributed by atoms with Crippen molar-refractivity contribution in [2.45, 2.75) is 10.5 Å². The number of benzene rings is 1. The second-order valence-corrected chi connectivity index (χ2v) is 8.02. The molecule has 7 nitrogen and oxygen atoms in total. The molecule has 1 aromatic carbocycles. The van der Waals surface area contributed by atoms with Gasteiger partial charge in [0.05, 0.1) is 23.0 Å². The zero-order valence-electron chi connectivity index (χ0n) is 14.4. The first-order valence-corrected chi connectivity index (χ1v) is 9.87. The van der Waals surface area contributed by atoms with Crippen LogP contribution in [-0.2, 0) is 9.59 Å². The topological polar surface area (TPSA) is 87.2 Å². The van der Waals surface area contributed by atoms with Gasteiger partial charge < -0.3 is 15.5 Å². The first-order chi connectivity index (χ1) is 13.1. The number of carbonyl (C=O) groups is 2. The molecule has 0 aliphatic heterocycles. The fourth-order valence-corrected chi connectivity index (χ4v) is 3.68. The Kier molecular flexibility index (Phi) is 7.89. The highest BCUT2D eigenvalue weighted by molar-refractivity contribution is 8.01. The number of rotatable bonds is 8. The second-order valence-electron chi connectivity index (χ2n) is 5.41. The molecule has 0 radical (unpaired) electrons. The monoisotopic (exact) mass is 453 g/mol. The normalized spacial score (nSPS) is 11.2. The number of halogens is 4. The summed E-state index contributed by atoms with van der Waals surface area (Å²) in [6, 6.07) is 6.70. The Bertz CT molecular complexity index is 834. The smallest absolute Gasteiger partial charge is 0.351 e. The van der Waals surface area contributed by atoms with Crippen molar-refractivity contribution in [3.63, 3.8) is 0 Å². The fraction of sp³-hybridized carbons (Fsp3) is 0.333. The highest BCUT2D eigenvalue weighted by Crippen LogP contribution is 2.26. The molecule has 0 bridgehead atoms. The van der Waals surface area contributed by atoms with Crippen LogP contribution in [0.5, 0.6) is 0 Å². The van der Waals surface area contributed by atoms with E-state index < -0.39 is 18.6 Å². The van der Waals surface area contributed by atoms with Gasteiger partial charge in [0.25, 0.3) is 0 Å². The first-order valence-electron chi connectivity index (χ1n) is 7.69. The van der Waals surface area contributed by atoms with Crippen LogP contribution in [0.1, 0.15) is 0 Å². The molecule has 2 aromatic rings. The van der Waals surface area contributed by atoms with Crippen LogP contribution in [0.2, 0.25) is 5.02 Å². The quantitative estimate of drug-likeness (QED) is 0.596. The van der Waals surface area contributed by atoms with Gasteiger partial charge in [-0.1, -0.05) is 46.8 Å². The number of amides is 2. The molecule has 2 N–H and O–H groups in total. The predicted octanol–water partition coefficient (Wildman–Crippen LogP) is 3.35. The van der Waals surface area contributed by atoms with Crippen molar-refractivity contribution in [1.29, 1.82) is 0 Å². The largest absolute Gasteiger partial charge is 0.405 e. The Morgan fingerprint density at radius 1 is 1.29 bits per heavy atom. The maximum atomic E-state index is 12.2. The molecule has 0 aliphatic carbocycles. The summed E-state index contributed by atoms with van der Waals surface area (Å²) in [7, 11) is 1.46. The number of hydrogen-bond donors (Lipinski definition) is 2. The van der Waals surface area contributed by atoms with Crippen LogP contribution < -0.4 is 10.6 Å². The molecule has 0 saturated heterocycles. The van der Waals surface area contributed by atoms with Gasteiger partial charge in [-0.3, -0.25) is 9.59 Å². The molecule has 2 rings (SSSR count). The van der Waals surface area contributed by atoms with Gasteiger partial charge in [0.15, 0.2) is 4.34 Å². The van der Waals surface area contributed by atoms with Crippen molar-refractivity contribution in [2.75, 3.05) is 36.5 Å². The molecule has 1 heterocycles. The van der Waals surface area contributed by atoms with E-state index in [9.17, 15) is 22.8 Å². The van der Waals surface area contributed by atoms with Crippen LogP contribution in [0.4, 0.5) is 24.0 Å². The van der Waals surface area contributed by atoms with E-state index in [2.05, 4.69) is 20.8 Å². The number of alkyl halides is 3. The maximum Gasteiger partial charge on any atom is 0.405 e. The first kappa shape index (κ1) is 22.2. The van der Waals surface area contributed by atoms with E-state index in [1.807, 2.05) is 0 Å². The third-order valence-electron chi connectivity index (χ3n) is 3.12. The van der Waals surface area contributed by atoms with Gasteiger partial charge >= 0.3 is 6.18 Å². The highest BCUT2D eigenvalue weighted by Gasteiger charge is 2.27. The van der Waals surface area contributed by atoms with Gasteiger partial charge in [0.1, 0.15) is 6.54 Å². The molecule has 0 saturated carbocycles. The van der Waals surface area contributed by atoms with Crippen LogP contribution in [0.25, 0.3) is 0 Å². The van der Waals surface area contributed by atoms with Crippen LogP contribution in [0.15, 0.2) is 28.6 Å². The van der Waals surface area contributed by atoms with E-state index >= 15 is 0 Å². The molecular formula is C15H15ClF3N5O2S2. The molecule has 2 amide bonds. The number of nitrogens with zero attached hydrogens (tertiary/aromatic N) is 3. The van der Waals surface area contributed by atoms with Crippen LogP contribution in [-0.4, -0.2) is 59.0 Å². The molecular weight excluding hydrogens is 439 g/mol. The van der Waals surface area contributed by atoms with Gasteiger partial charge in [-0.25, -0.2) is 0 Å². The van der Waals surface area contributed by atoms with E-state index in [0.717, 1.165) is 23.1 Å². The van der Waals surface area contributed by atoms with Crippen molar-refractivity contribution < 1.29 is 22.8 Å². The summed E-state index contributed by atoms with van der Waals surface area (Å²) in [6.45, 7) is -1.40.